The molecule has 3 aromatic rings. The van der Waals surface area contributed by atoms with Crippen LogP contribution in [0.15, 0.2) is 67.3 Å². The molecule has 2 N–H and O–H groups in total. The third-order valence-electron chi connectivity index (χ3n) is 4.10. The van der Waals surface area contributed by atoms with E-state index in [1.165, 1.54) is 0 Å². The van der Waals surface area contributed by atoms with E-state index >= 15 is 0 Å². The van der Waals surface area contributed by atoms with Crippen LogP contribution in [0.4, 0.5) is 0 Å². The van der Waals surface area contributed by atoms with Gasteiger partial charge in [0.05, 0.1) is 29.5 Å². The first-order valence-corrected chi connectivity index (χ1v) is 8.83. The lowest BCUT2D eigenvalue weighted by Gasteiger charge is -2.15. The second-order valence-electron chi connectivity index (χ2n) is 6.01. The number of imidazole rings is 1. The predicted octanol–water partition coefficient (Wildman–Crippen LogP) is 3.13. The molecule has 1 heterocycles. The Morgan fingerprint density at radius 3 is 2.56 bits per heavy atom. The van der Waals surface area contributed by atoms with Gasteiger partial charge >= 0.3 is 0 Å². The van der Waals surface area contributed by atoms with E-state index in [4.69, 9.17) is 11.6 Å². The molecule has 27 heavy (non-hydrogen) atoms. The van der Waals surface area contributed by atoms with Crippen molar-refractivity contribution in [2.75, 3.05) is 6.54 Å². The fourth-order valence-corrected chi connectivity index (χ4v) is 2.85. The molecule has 0 aliphatic heterocycles. The van der Waals surface area contributed by atoms with E-state index in [9.17, 15) is 9.59 Å². The summed E-state index contributed by atoms with van der Waals surface area (Å²) >= 11 is 5.98. The average molecular weight is 383 g/mol. The van der Waals surface area contributed by atoms with Crippen LogP contribution in [0.25, 0.3) is 5.69 Å². The van der Waals surface area contributed by atoms with E-state index in [2.05, 4.69) is 15.6 Å². The van der Waals surface area contributed by atoms with Gasteiger partial charge in [0.25, 0.3) is 5.91 Å². The molecule has 0 spiro atoms. The molecular formula is C20H19ClN4O2. The number of amides is 2. The van der Waals surface area contributed by atoms with Crippen molar-refractivity contribution in [2.24, 2.45) is 0 Å². The van der Waals surface area contributed by atoms with E-state index < -0.39 is 0 Å². The number of rotatable bonds is 6. The van der Waals surface area contributed by atoms with Crippen molar-refractivity contribution in [1.82, 2.24) is 20.2 Å². The Morgan fingerprint density at radius 2 is 1.89 bits per heavy atom. The number of carbonyl (C=O) groups excluding carboxylic acids is 2. The van der Waals surface area contributed by atoms with Gasteiger partial charge in [0, 0.05) is 18.1 Å². The standard InChI is InChI=1S/C20H19ClN4O2/c1-14(15-6-8-16(9-7-15)25-11-10-22-13-25)24-19(26)12-23-20(27)17-4-2-3-5-18(17)21/h2-11,13-14H,12H2,1H3,(H,23,27)(H,24,26). The molecule has 3 rings (SSSR count). The van der Waals surface area contributed by atoms with Crippen molar-refractivity contribution in [3.8, 4) is 5.69 Å². The molecule has 0 aliphatic rings. The first-order valence-electron chi connectivity index (χ1n) is 8.45. The van der Waals surface area contributed by atoms with E-state index in [1.807, 2.05) is 42.0 Å². The number of halogens is 1. The monoisotopic (exact) mass is 382 g/mol. The zero-order chi connectivity index (χ0) is 19.2. The Balaban J connectivity index is 1.53. The van der Waals surface area contributed by atoms with E-state index in [0.717, 1.165) is 11.3 Å². The fraction of sp³-hybridized carbons (Fsp3) is 0.150. The largest absolute Gasteiger partial charge is 0.348 e. The van der Waals surface area contributed by atoms with Crippen LogP contribution in [0.1, 0.15) is 28.9 Å². The van der Waals surface area contributed by atoms with E-state index in [0.29, 0.717) is 10.6 Å². The van der Waals surface area contributed by atoms with Crippen LogP contribution >= 0.6 is 11.6 Å². The van der Waals surface area contributed by atoms with Crippen LogP contribution in [0, 0.1) is 0 Å². The summed E-state index contributed by atoms with van der Waals surface area (Å²) in [7, 11) is 0. The Morgan fingerprint density at radius 1 is 1.15 bits per heavy atom. The van der Waals surface area contributed by atoms with Gasteiger partial charge in [0.15, 0.2) is 0 Å². The molecule has 0 saturated heterocycles. The van der Waals surface area contributed by atoms with E-state index in [1.54, 1.807) is 36.8 Å². The molecule has 1 unspecified atom stereocenters. The highest BCUT2D eigenvalue weighted by molar-refractivity contribution is 6.33. The molecule has 2 aromatic carbocycles. The minimum Gasteiger partial charge on any atom is -0.348 e. The minimum atomic E-state index is -0.381. The lowest BCUT2D eigenvalue weighted by Crippen LogP contribution is -2.38. The van der Waals surface area contributed by atoms with Crippen molar-refractivity contribution in [1.29, 1.82) is 0 Å². The van der Waals surface area contributed by atoms with Crippen LogP contribution in [0.5, 0.6) is 0 Å². The quantitative estimate of drug-likeness (QED) is 0.687. The van der Waals surface area contributed by atoms with Gasteiger partial charge in [-0.3, -0.25) is 9.59 Å². The van der Waals surface area contributed by atoms with Crippen molar-refractivity contribution in [3.63, 3.8) is 0 Å². The van der Waals surface area contributed by atoms with Crippen molar-refractivity contribution < 1.29 is 9.59 Å². The van der Waals surface area contributed by atoms with Gasteiger partial charge in [-0.1, -0.05) is 35.9 Å². The molecule has 0 saturated carbocycles. The number of nitrogens with one attached hydrogen (secondary N) is 2. The van der Waals surface area contributed by atoms with Gasteiger partial charge in [-0.15, -0.1) is 0 Å². The summed E-state index contributed by atoms with van der Waals surface area (Å²) in [5, 5.41) is 5.79. The Bertz CT molecular complexity index is 923. The van der Waals surface area contributed by atoms with Gasteiger partial charge in [0.1, 0.15) is 0 Å². The fourth-order valence-electron chi connectivity index (χ4n) is 2.62. The summed E-state index contributed by atoms with van der Waals surface area (Å²) in [5.74, 6) is -0.658. The first kappa shape index (κ1) is 18.7. The maximum atomic E-state index is 12.1. The second-order valence-corrected chi connectivity index (χ2v) is 6.42. The van der Waals surface area contributed by atoms with Crippen molar-refractivity contribution in [2.45, 2.75) is 13.0 Å². The molecule has 0 bridgehead atoms. The summed E-state index contributed by atoms with van der Waals surface area (Å²) in [4.78, 5) is 28.2. The molecule has 1 atom stereocenters. The van der Waals surface area contributed by atoms with Gasteiger partial charge in [-0.2, -0.15) is 0 Å². The molecule has 7 heteroatoms. The van der Waals surface area contributed by atoms with Crippen LogP contribution in [0.3, 0.4) is 0 Å². The molecule has 138 valence electrons. The second kappa shape index (κ2) is 8.51. The van der Waals surface area contributed by atoms with Gasteiger partial charge < -0.3 is 15.2 Å². The average Bonchev–Trinajstić information content (AvgIpc) is 3.21. The summed E-state index contributed by atoms with van der Waals surface area (Å²) in [6.45, 7) is 1.77. The SMILES string of the molecule is CC(NC(=O)CNC(=O)c1ccccc1Cl)c1ccc(-n2ccnc2)cc1. The summed E-state index contributed by atoms with van der Waals surface area (Å²) < 4.78 is 1.90. The van der Waals surface area contributed by atoms with E-state index in [-0.39, 0.29) is 24.4 Å². The lowest BCUT2D eigenvalue weighted by atomic mass is 10.1. The molecule has 6 nitrogen and oxygen atoms in total. The van der Waals surface area contributed by atoms with Crippen LogP contribution in [-0.4, -0.2) is 27.9 Å². The third-order valence-corrected chi connectivity index (χ3v) is 4.43. The molecule has 2 amide bonds. The first-order chi connectivity index (χ1) is 13.0. The third kappa shape index (κ3) is 4.74. The van der Waals surface area contributed by atoms with Crippen molar-refractivity contribution >= 4 is 23.4 Å². The summed E-state index contributed by atoms with van der Waals surface area (Å²) in [6, 6.07) is 14.3. The summed E-state index contributed by atoms with van der Waals surface area (Å²) in [6.07, 6.45) is 5.30. The number of benzene rings is 2. The highest BCUT2D eigenvalue weighted by Gasteiger charge is 2.13. The number of hydrogen-bond acceptors (Lipinski definition) is 3. The van der Waals surface area contributed by atoms with Gasteiger partial charge in [-0.25, -0.2) is 4.98 Å². The molecule has 0 aliphatic carbocycles. The lowest BCUT2D eigenvalue weighted by molar-refractivity contribution is -0.120. The van der Waals surface area contributed by atoms with Crippen LogP contribution in [0.2, 0.25) is 5.02 Å². The zero-order valence-electron chi connectivity index (χ0n) is 14.7. The normalized spacial score (nSPS) is 11.6. The Kier molecular flexibility index (Phi) is 5.88. The smallest absolute Gasteiger partial charge is 0.253 e. The zero-order valence-corrected chi connectivity index (χ0v) is 15.5. The van der Waals surface area contributed by atoms with Gasteiger partial charge in [-0.05, 0) is 36.8 Å². The number of aromatic nitrogens is 2. The minimum absolute atomic E-state index is 0.123. The molecule has 1 aromatic heterocycles. The Hall–Kier alpha value is -3.12. The van der Waals surface area contributed by atoms with Crippen LogP contribution in [-0.2, 0) is 4.79 Å². The Labute approximate surface area is 162 Å². The molecular weight excluding hydrogens is 364 g/mol. The van der Waals surface area contributed by atoms with Crippen LogP contribution < -0.4 is 10.6 Å². The van der Waals surface area contributed by atoms with Gasteiger partial charge in [0.2, 0.25) is 5.91 Å². The topological polar surface area (TPSA) is 76.0 Å². The number of carbonyl (C=O) groups is 2. The highest BCUT2D eigenvalue weighted by Crippen LogP contribution is 2.16. The highest BCUT2D eigenvalue weighted by atomic mass is 35.5. The maximum absolute atomic E-state index is 12.1. The predicted molar refractivity (Wildman–Crippen MR) is 104 cm³/mol. The molecule has 0 radical (unpaired) electrons. The molecule has 0 fully saturated rings. The number of nitrogens with zero attached hydrogens (tertiary/aromatic N) is 2. The maximum Gasteiger partial charge on any atom is 0.253 e. The summed E-state index contributed by atoms with van der Waals surface area (Å²) in [5.41, 5.74) is 2.29. The number of hydrogen-bond donors (Lipinski definition) is 2. The van der Waals surface area contributed by atoms with Crippen molar-refractivity contribution in [3.05, 3.63) is 83.4 Å².